The number of hydrogen-bond acceptors (Lipinski definition) is 3. The fourth-order valence-electron chi connectivity index (χ4n) is 2.14. The van der Waals surface area contributed by atoms with Crippen molar-refractivity contribution in [3.05, 3.63) is 50.4 Å². The number of hydrogen-bond donors (Lipinski definition) is 1. The minimum atomic E-state index is 0.908. The van der Waals surface area contributed by atoms with Gasteiger partial charge in [-0.15, -0.1) is 0 Å². The summed E-state index contributed by atoms with van der Waals surface area (Å²) in [5.41, 5.74) is 4.53. The van der Waals surface area contributed by atoms with Gasteiger partial charge >= 0.3 is 0 Å². The zero-order valence-electron chi connectivity index (χ0n) is 11.0. The summed E-state index contributed by atoms with van der Waals surface area (Å²) in [6, 6.07) is 10.4. The van der Waals surface area contributed by atoms with Crippen molar-refractivity contribution in [3.8, 4) is 0 Å². The second-order valence-electron chi connectivity index (χ2n) is 4.69. The predicted octanol–water partition coefficient (Wildman–Crippen LogP) is 6.18. The van der Waals surface area contributed by atoms with Gasteiger partial charge < -0.3 is 5.32 Å². The van der Waals surface area contributed by atoms with Crippen LogP contribution in [0.15, 0.2) is 39.3 Å². The molecule has 0 saturated carbocycles. The molecule has 0 aliphatic heterocycles. The Hall–Kier alpha value is -0.910. The summed E-state index contributed by atoms with van der Waals surface area (Å²) in [5, 5.41) is 4.33. The van der Waals surface area contributed by atoms with Gasteiger partial charge in [-0.25, -0.2) is 4.98 Å². The molecular formula is C15H12Br2N2S. The average molecular weight is 412 g/mol. The molecule has 1 N–H and O–H groups in total. The van der Waals surface area contributed by atoms with E-state index in [0.29, 0.717) is 0 Å². The maximum atomic E-state index is 4.63. The first-order valence-corrected chi connectivity index (χ1v) is 8.53. The summed E-state index contributed by atoms with van der Waals surface area (Å²) in [7, 11) is 0. The molecule has 2 nitrogen and oxygen atoms in total. The summed E-state index contributed by atoms with van der Waals surface area (Å²) in [6.45, 7) is 4.20. The van der Waals surface area contributed by atoms with Crippen LogP contribution in [0.1, 0.15) is 11.1 Å². The van der Waals surface area contributed by atoms with Gasteiger partial charge in [-0.3, -0.25) is 0 Å². The summed E-state index contributed by atoms with van der Waals surface area (Å²) in [4.78, 5) is 4.63. The van der Waals surface area contributed by atoms with Gasteiger partial charge in [-0.1, -0.05) is 33.3 Å². The molecule has 0 unspecified atom stereocenters. The Labute approximate surface area is 138 Å². The molecule has 3 aromatic rings. The highest BCUT2D eigenvalue weighted by Gasteiger charge is 2.09. The highest BCUT2D eigenvalue weighted by atomic mass is 79.9. The summed E-state index contributed by atoms with van der Waals surface area (Å²) in [5.74, 6) is 0. The van der Waals surface area contributed by atoms with Crippen LogP contribution in [0.5, 0.6) is 0 Å². The zero-order valence-corrected chi connectivity index (χ0v) is 15.0. The molecule has 0 bridgehead atoms. The Bertz CT molecular complexity index is 773. The lowest BCUT2D eigenvalue weighted by Gasteiger charge is -2.10. The van der Waals surface area contributed by atoms with Crippen molar-refractivity contribution in [3.63, 3.8) is 0 Å². The molecule has 2 aromatic carbocycles. The van der Waals surface area contributed by atoms with E-state index in [1.54, 1.807) is 11.3 Å². The fraction of sp³-hybridized carbons (Fsp3) is 0.133. The largest absolute Gasteiger partial charge is 0.330 e. The highest BCUT2D eigenvalue weighted by Crippen LogP contribution is 2.34. The number of fused-ring (bicyclic) bond motifs is 1. The molecule has 3 rings (SSSR count). The van der Waals surface area contributed by atoms with E-state index < -0.39 is 0 Å². The van der Waals surface area contributed by atoms with Crippen LogP contribution in [-0.2, 0) is 0 Å². The van der Waals surface area contributed by atoms with Crippen molar-refractivity contribution >= 4 is 64.2 Å². The van der Waals surface area contributed by atoms with Crippen molar-refractivity contribution in [1.29, 1.82) is 0 Å². The van der Waals surface area contributed by atoms with E-state index in [1.807, 2.05) is 12.1 Å². The second-order valence-corrected chi connectivity index (χ2v) is 7.50. The van der Waals surface area contributed by atoms with Crippen molar-refractivity contribution in [1.82, 2.24) is 4.98 Å². The molecule has 5 heteroatoms. The predicted molar refractivity (Wildman–Crippen MR) is 94.2 cm³/mol. The summed E-state index contributed by atoms with van der Waals surface area (Å²) >= 11 is 8.75. The van der Waals surface area contributed by atoms with E-state index in [0.717, 1.165) is 25.3 Å². The lowest BCUT2D eigenvalue weighted by molar-refractivity contribution is 1.34. The number of anilines is 2. The van der Waals surface area contributed by atoms with Crippen molar-refractivity contribution in [2.75, 3.05) is 5.32 Å². The average Bonchev–Trinajstić information content (AvgIpc) is 2.75. The van der Waals surface area contributed by atoms with Crippen molar-refractivity contribution in [2.24, 2.45) is 0 Å². The van der Waals surface area contributed by atoms with E-state index in [-0.39, 0.29) is 0 Å². The molecule has 0 amide bonds. The van der Waals surface area contributed by atoms with Crippen LogP contribution in [0.4, 0.5) is 10.8 Å². The molecule has 20 heavy (non-hydrogen) atoms. The van der Waals surface area contributed by atoms with Crippen LogP contribution >= 0.6 is 43.2 Å². The third-order valence-electron chi connectivity index (χ3n) is 3.01. The molecule has 1 aromatic heterocycles. The molecule has 1 heterocycles. The molecule has 0 aliphatic carbocycles. The maximum absolute atomic E-state index is 4.63. The highest BCUT2D eigenvalue weighted by molar-refractivity contribution is 9.10. The van der Waals surface area contributed by atoms with Crippen LogP contribution in [0.2, 0.25) is 0 Å². The van der Waals surface area contributed by atoms with E-state index in [9.17, 15) is 0 Å². The first kappa shape index (κ1) is 14.0. The summed E-state index contributed by atoms with van der Waals surface area (Å²) in [6.07, 6.45) is 0. The van der Waals surface area contributed by atoms with Crippen molar-refractivity contribution < 1.29 is 0 Å². The molecule has 0 saturated heterocycles. The first-order valence-electron chi connectivity index (χ1n) is 6.13. The van der Waals surface area contributed by atoms with Crippen molar-refractivity contribution in [2.45, 2.75) is 13.8 Å². The Balaban J connectivity index is 2.01. The molecular weight excluding hydrogens is 400 g/mol. The Morgan fingerprint density at radius 3 is 2.65 bits per heavy atom. The Morgan fingerprint density at radius 2 is 1.90 bits per heavy atom. The third-order valence-corrected chi connectivity index (χ3v) is 5.08. The number of thiazole rings is 1. The van der Waals surface area contributed by atoms with Crippen LogP contribution < -0.4 is 5.32 Å². The number of nitrogens with one attached hydrogen (secondary N) is 1. The maximum Gasteiger partial charge on any atom is 0.188 e. The first-order chi connectivity index (χ1) is 9.52. The van der Waals surface area contributed by atoms with E-state index in [1.165, 1.54) is 15.8 Å². The lowest BCUT2D eigenvalue weighted by Crippen LogP contribution is -1.94. The van der Waals surface area contributed by atoms with Gasteiger partial charge in [0.15, 0.2) is 5.13 Å². The minimum Gasteiger partial charge on any atom is -0.330 e. The number of halogens is 2. The molecule has 0 atom stereocenters. The normalized spacial score (nSPS) is 11.0. The zero-order chi connectivity index (χ0) is 14.3. The summed E-state index contributed by atoms with van der Waals surface area (Å²) < 4.78 is 3.29. The number of aromatic nitrogens is 1. The van der Waals surface area contributed by atoms with Crippen LogP contribution in [0, 0.1) is 13.8 Å². The Kier molecular flexibility index (Phi) is 3.84. The van der Waals surface area contributed by atoms with Gasteiger partial charge in [-0.2, -0.15) is 0 Å². The van der Waals surface area contributed by atoms with Gasteiger partial charge in [0.05, 0.1) is 15.9 Å². The molecule has 102 valence electrons. The smallest absolute Gasteiger partial charge is 0.188 e. The Morgan fingerprint density at radius 1 is 1.10 bits per heavy atom. The van der Waals surface area contributed by atoms with Gasteiger partial charge in [0, 0.05) is 8.95 Å². The fourth-order valence-corrected chi connectivity index (χ4v) is 4.11. The second kappa shape index (κ2) is 5.47. The molecule has 0 radical (unpaired) electrons. The SMILES string of the molecule is Cc1cc(C)c(Nc2nc3cc(Br)ccc3s2)c(Br)c1. The number of aryl methyl sites for hydroxylation is 2. The topological polar surface area (TPSA) is 24.9 Å². The van der Waals surface area contributed by atoms with Crippen LogP contribution in [0.25, 0.3) is 10.2 Å². The number of nitrogens with zero attached hydrogens (tertiary/aromatic N) is 1. The lowest BCUT2D eigenvalue weighted by atomic mass is 10.1. The van der Waals surface area contributed by atoms with Gasteiger partial charge in [0.2, 0.25) is 0 Å². The van der Waals surface area contributed by atoms with Crippen LogP contribution in [-0.4, -0.2) is 4.98 Å². The third kappa shape index (κ3) is 2.75. The van der Waals surface area contributed by atoms with E-state index in [2.05, 4.69) is 74.2 Å². The quantitative estimate of drug-likeness (QED) is 0.544. The van der Waals surface area contributed by atoms with E-state index >= 15 is 0 Å². The molecule has 0 fully saturated rings. The van der Waals surface area contributed by atoms with Gasteiger partial charge in [-0.05, 0) is 65.2 Å². The molecule has 0 spiro atoms. The van der Waals surface area contributed by atoms with Crippen LogP contribution in [0.3, 0.4) is 0 Å². The number of rotatable bonds is 2. The van der Waals surface area contributed by atoms with E-state index in [4.69, 9.17) is 0 Å². The monoisotopic (exact) mass is 410 g/mol. The minimum absolute atomic E-state index is 0.908. The van der Waals surface area contributed by atoms with Gasteiger partial charge in [0.1, 0.15) is 0 Å². The molecule has 0 aliphatic rings. The van der Waals surface area contributed by atoms with Gasteiger partial charge in [0.25, 0.3) is 0 Å². The number of benzene rings is 2. The standard InChI is InChI=1S/C15H12Br2N2S/c1-8-5-9(2)14(11(17)6-8)19-15-18-12-7-10(16)3-4-13(12)20-15/h3-7H,1-2H3,(H,18,19).